The van der Waals surface area contributed by atoms with Gasteiger partial charge in [0.25, 0.3) is 11.8 Å². The number of amides is 2. The topological polar surface area (TPSA) is 101 Å². The van der Waals surface area contributed by atoms with Gasteiger partial charge in [0.05, 0.1) is 15.6 Å². The second kappa shape index (κ2) is 10.5. The van der Waals surface area contributed by atoms with Crippen LogP contribution in [0.15, 0.2) is 36.5 Å². The summed E-state index contributed by atoms with van der Waals surface area (Å²) < 4.78 is 5.43. The molecule has 3 rings (SSSR count). The van der Waals surface area contributed by atoms with Crippen LogP contribution in [-0.2, 0) is 11.2 Å². The van der Waals surface area contributed by atoms with Crippen LogP contribution >= 0.6 is 23.2 Å². The van der Waals surface area contributed by atoms with Crippen LogP contribution in [0, 0.1) is 0 Å². The molecule has 0 spiro atoms. The molecule has 1 aliphatic carbocycles. The van der Waals surface area contributed by atoms with E-state index in [1.54, 1.807) is 44.3 Å². The lowest BCUT2D eigenvalue weighted by Gasteiger charge is -2.36. The number of aromatic nitrogens is 1. The number of rotatable bonds is 9. The second-order valence-electron chi connectivity index (χ2n) is 8.63. The zero-order valence-electron chi connectivity index (χ0n) is 18.0. The summed E-state index contributed by atoms with van der Waals surface area (Å²) in [4.78, 5) is 28.7. The second-order valence-corrected chi connectivity index (χ2v) is 9.45. The molecule has 1 aromatic heterocycles. The molecule has 172 valence electrons. The first-order valence-corrected chi connectivity index (χ1v) is 11.2. The highest BCUT2D eigenvalue weighted by molar-refractivity contribution is 6.42. The number of hydrogen-bond acceptors (Lipinski definition) is 5. The Morgan fingerprint density at radius 2 is 1.84 bits per heavy atom. The van der Waals surface area contributed by atoms with E-state index in [0.717, 1.165) is 5.56 Å². The van der Waals surface area contributed by atoms with Crippen LogP contribution in [0.5, 0.6) is 5.75 Å². The largest absolute Gasteiger partial charge is 0.484 e. The molecule has 9 heteroatoms. The molecular formula is C23H27Cl2N3O4. The third-order valence-corrected chi connectivity index (χ3v) is 5.92. The molecule has 0 atom stereocenters. The molecule has 0 unspecified atom stereocenters. The van der Waals surface area contributed by atoms with Crippen molar-refractivity contribution in [2.75, 3.05) is 6.61 Å². The summed E-state index contributed by atoms with van der Waals surface area (Å²) >= 11 is 11.8. The highest BCUT2D eigenvalue weighted by Gasteiger charge is 2.32. The highest BCUT2D eigenvalue weighted by Crippen LogP contribution is 2.26. The number of ether oxygens (including phenoxy) is 1. The van der Waals surface area contributed by atoms with Crippen LogP contribution in [0.25, 0.3) is 0 Å². The Kier molecular flexibility index (Phi) is 7.98. The molecule has 32 heavy (non-hydrogen) atoms. The van der Waals surface area contributed by atoms with Gasteiger partial charge in [0.2, 0.25) is 0 Å². The predicted molar refractivity (Wildman–Crippen MR) is 123 cm³/mol. The minimum Gasteiger partial charge on any atom is -0.484 e. The van der Waals surface area contributed by atoms with Crippen LogP contribution in [0.3, 0.4) is 0 Å². The number of aryl methyl sites for hydroxylation is 1. The maximum atomic E-state index is 12.5. The Morgan fingerprint density at radius 1 is 1.12 bits per heavy atom. The van der Waals surface area contributed by atoms with Gasteiger partial charge >= 0.3 is 0 Å². The summed E-state index contributed by atoms with van der Waals surface area (Å²) in [5, 5.41) is 16.5. The lowest BCUT2D eigenvalue weighted by molar-refractivity contribution is -0.124. The maximum absolute atomic E-state index is 12.5. The SMILES string of the molecule is CC(C)(O)CCc1ccnc(C(=O)N[C@H]2C[C@@H](NC(=O)COc3ccc(Cl)c(Cl)c3)C2)c1. The van der Waals surface area contributed by atoms with E-state index < -0.39 is 5.60 Å². The Labute approximate surface area is 197 Å². The fourth-order valence-electron chi connectivity index (χ4n) is 3.30. The van der Waals surface area contributed by atoms with Gasteiger partial charge in [-0.3, -0.25) is 14.6 Å². The van der Waals surface area contributed by atoms with Crippen molar-refractivity contribution in [1.29, 1.82) is 0 Å². The van der Waals surface area contributed by atoms with E-state index in [-0.39, 0.29) is 30.5 Å². The molecule has 0 radical (unpaired) electrons. The fourth-order valence-corrected chi connectivity index (χ4v) is 3.59. The Bertz CT molecular complexity index is 972. The number of carbonyl (C=O) groups is 2. The molecule has 3 N–H and O–H groups in total. The standard InChI is InChI=1S/C23H27Cl2N3O4/c1-23(2,31)7-5-14-6-8-26-20(9-14)22(30)28-16-10-15(11-16)27-21(29)13-32-17-3-4-18(24)19(25)12-17/h3-4,6,8-9,12,15-16,31H,5,7,10-11,13H2,1-2H3,(H,27,29)(H,28,30)/t15-,16+. The molecule has 1 aromatic carbocycles. The molecule has 1 heterocycles. The van der Waals surface area contributed by atoms with Crippen molar-refractivity contribution in [2.24, 2.45) is 0 Å². The summed E-state index contributed by atoms with van der Waals surface area (Å²) in [5.41, 5.74) is 0.540. The first-order chi connectivity index (χ1) is 15.1. The molecule has 0 saturated heterocycles. The summed E-state index contributed by atoms with van der Waals surface area (Å²) in [5.74, 6) is -0.0227. The van der Waals surface area contributed by atoms with E-state index in [1.807, 2.05) is 6.07 Å². The average molecular weight is 480 g/mol. The monoisotopic (exact) mass is 479 g/mol. The van der Waals surface area contributed by atoms with E-state index in [9.17, 15) is 14.7 Å². The van der Waals surface area contributed by atoms with Gasteiger partial charge in [-0.2, -0.15) is 0 Å². The molecular weight excluding hydrogens is 453 g/mol. The number of pyridine rings is 1. The summed E-state index contributed by atoms with van der Waals surface area (Å²) in [6, 6.07) is 8.36. The lowest BCUT2D eigenvalue weighted by atomic mass is 9.86. The first kappa shape index (κ1) is 24.3. The summed E-state index contributed by atoms with van der Waals surface area (Å²) in [6.07, 6.45) is 4.14. The predicted octanol–water partition coefficient (Wildman–Crippen LogP) is 3.55. The van der Waals surface area contributed by atoms with Crippen molar-refractivity contribution in [3.05, 3.63) is 57.8 Å². The highest BCUT2D eigenvalue weighted by atomic mass is 35.5. The Morgan fingerprint density at radius 3 is 2.53 bits per heavy atom. The molecule has 1 saturated carbocycles. The third kappa shape index (κ3) is 7.36. The van der Waals surface area contributed by atoms with Gasteiger partial charge in [0, 0.05) is 24.3 Å². The van der Waals surface area contributed by atoms with Crippen molar-refractivity contribution >= 4 is 35.0 Å². The molecule has 2 amide bonds. The normalized spacial score (nSPS) is 17.9. The average Bonchev–Trinajstić information content (AvgIpc) is 2.71. The number of hydrogen-bond donors (Lipinski definition) is 3. The van der Waals surface area contributed by atoms with Crippen LogP contribution in [-0.4, -0.2) is 46.2 Å². The van der Waals surface area contributed by atoms with E-state index in [0.29, 0.717) is 47.2 Å². The van der Waals surface area contributed by atoms with Gasteiger partial charge in [0.15, 0.2) is 6.61 Å². The summed E-state index contributed by atoms with van der Waals surface area (Å²) in [6.45, 7) is 3.38. The van der Waals surface area contributed by atoms with Crippen LogP contribution in [0.4, 0.5) is 0 Å². The van der Waals surface area contributed by atoms with Crippen LogP contribution in [0.1, 0.15) is 49.2 Å². The van der Waals surface area contributed by atoms with Crippen LogP contribution in [0.2, 0.25) is 10.0 Å². The van der Waals surface area contributed by atoms with Gasteiger partial charge < -0.3 is 20.5 Å². The number of aliphatic hydroxyl groups is 1. The Balaban J connectivity index is 1.38. The molecule has 2 aromatic rings. The number of benzene rings is 1. The summed E-state index contributed by atoms with van der Waals surface area (Å²) in [7, 11) is 0. The van der Waals surface area contributed by atoms with Crippen LogP contribution < -0.4 is 15.4 Å². The smallest absolute Gasteiger partial charge is 0.270 e. The van der Waals surface area contributed by atoms with Crippen molar-refractivity contribution in [3.8, 4) is 5.75 Å². The van der Waals surface area contributed by atoms with Gasteiger partial charge in [-0.25, -0.2) is 0 Å². The van der Waals surface area contributed by atoms with Crippen molar-refractivity contribution in [2.45, 2.75) is 57.2 Å². The zero-order chi connectivity index (χ0) is 23.3. The fraction of sp³-hybridized carbons (Fsp3) is 0.435. The molecule has 1 fully saturated rings. The molecule has 0 aliphatic heterocycles. The zero-order valence-corrected chi connectivity index (χ0v) is 19.5. The number of nitrogens with zero attached hydrogens (tertiary/aromatic N) is 1. The number of nitrogens with one attached hydrogen (secondary N) is 2. The van der Waals surface area contributed by atoms with Gasteiger partial charge in [-0.05, 0) is 69.4 Å². The van der Waals surface area contributed by atoms with Crippen molar-refractivity contribution in [1.82, 2.24) is 15.6 Å². The minimum atomic E-state index is -0.760. The first-order valence-electron chi connectivity index (χ1n) is 10.4. The molecule has 7 nitrogen and oxygen atoms in total. The van der Waals surface area contributed by atoms with E-state index in [1.165, 1.54) is 0 Å². The lowest BCUT2D eigenvalue weighted by Crippen LogP contribution is -2.54. The van der Waals surface area contributed by atoms with Gasteiger partial charge in [0.1, 0.15) is 11.4 Å². The van der Waals surface area contributed by atoms with Gasteiger partial charge in [-0.1, -0.05) is 23.2 Å². The maximum Gasteiger partial charge on any atom is 0.270 e. The number of halogens is 2. The quantitative estimate of drug-likeness (QED) is 0.510. The number of carbonyl (C=O) groups excluding carboxylic acids is 2. The van der Waals surface area contributed by atoms with E-state index in [2.05, 4.69) is 15.6 Å². The van der Waals surface area contributed by atoms with Crippen molar-refractivity contribution < 1.29 is 19.4 Å². The van der Waals surface area contributed by atoms with Crippen molar-refractivity contribution in [3.63, 3.8) is 0 Å². The molecule has 1 aliphatic rings. The Hall–Kier alpha value is -2.35. The third-order valence-electron chi connectivity index (χ3n) is 5.18. The van der Waals surface area contributed by atoms with E-state index in [4.69, 9.17) is 27.9 Å². The molecule has 0 bridgehead atoms. The minimum absolute atomic E-state index is 0.0173. The van der Waals surface area contributed by atoms with Gasteiger partial charge in [-0.15, -0.1) is 0 Å². The van der Waals surface area contributed by atoms with E-state index >= 15 is 0 Å².